The smallest absolute Gasteiger partial charge is 0.310 e. The Bertz CT molecular complexity index is 828. The molecule has 27 heavy (non-hydrogen) atoms. The molecule has 7 nitrogen and oxygen atoms in total. The van der Waals surface area contributed by atoms with E-state index in [2.05, 4.69) is 5.11 Å². The Hall–Kier alpha value is -3.22. The number of benzene rings is 2. The molecule has 0 aromatic heterocycles. The van der Waals surface area contributed by atoms with Gasteiger partial charge in [-0.2, -0.15) is 0 Å². The molecule has 0 aliphatic carbocycles. The van der Waals surface area contributed by atoms with Crippen LogP contribution in [-0.4, -0.2) is 27.0 Å². The lowest BCUT2D eigenvalue weighted by Gasteiger charge is -2.10. The van der Waals surface area contributed by atoms with E-state index in [4.69, 9.17) is 0 Å². The highest BCUT2D eigenvalue weighted by Crippen LogP contribution is 2.25. The molecule has 2 atom stereocenters. The van der Waals surface area contributed by atoms with E-state index in [1.807, 2.05) is 0 Å². The monoisotopic (exact) mass is 370 g/mol. The summed E-state index contributed by atoms with van der Waals surface area (Å²) in [6, 6.07) is 12.8. The first-order valence-corrected chi connectivity index (χ1v) is 8.71. The Kier molecular flexibility index (Phi) is 6.65. The minimum absolute atomic E-state index is 0.278. The Labute approximate surface area is 157 Å². The molecule has 0 bridgehead atoms. The van der Waals surface area contributed by atoms with Gasteiger partial charge in [-0.1, -0.05) is 43.0 Å². The minimum atomic E-state index is -0.902. The summed E-state index contributed by atoms with van der Waals surface area (Å²) in [6.45, 7) is 3.59. The van der Waals surface area contributed by atoms with Crippen LogP contribution in [0.15, 0.2) is 53.6 Å². The summed E-state index contributed by atoms with van der Waals surface area (Å²) in [7, 11) is 0. The summed E-state index contributed by atoms with van der Waals surface area (Å²) in [5, 5.41) is 34.5. The first-order chi connectivity index (χ1) is 12.9. The molecule has 2 rings (SSSR count). The van der Waals surface area contributed by atoms with Gasteiger partial charge in [0.1, 0.15) is 5.69 Å². The zero-order valence-corrected chi connectivity index (χ0v) is 15.2. The minimum Gasteiger partial charge on any atom is -0.594 e. The molecular weight excluding hydrogens is 348 g/mol. The lowest BCUT2D eigenvalue weighted by molar-refractivity contribution is -0.435. The first kappa shape index (κ1) is 20.1. The molecule has 0 spiro atoms. The van der Waals surface area contributed by atoms with Crippen LogP contribution in [0.25, 0.3) is 0 Å². The molecule has 2 aromatic rings. The van der Waals surface area contributed by atoms with Gasteiger partial charge in [0.2, 0.25) is 5.69 Å². The standard InChI is InChI=1S/C20H22N2O5/c1-3-17(19(23)24)13-5-9-15(10-6-13)21-22(27)16-11-7-14(8-12-16)18(4-2)20(25)26/h5-12,17-18H,3-4H2,1-2H3,(H,23,24)(H,25,26). The van der Waals surface area contributed by atoms with Gasteiger partial charge in [0.25, 0.3) is 0 Å². The van der Waals surface area contributed by atoms with Crippen molar-refractivity contribution in [3.63, 3.8) is 0 Å². The van der Waals surface area contributed by atoms with E-state index in [0.29, 0.717) is 34.5 Å². The molecule has 0 aliphatic heterocycles. The van der Waals surface area contributed by atoms with E-state index in [0.717, 1.165) is 0 Å². The zero-order chi connectivity index (χ0) is 20.0. The topological polar surface area (TPSA) is 113 Å². The van der Waals surface area contributed by atoms with Crippen molar-refractivity contribution in [2.24, 2.45) is 5.11 Å². The van der Waals surface area contributed by atoms with Crippen molar-refractivity contribution in [3.05, 3.63) is 64.9 Å². The maximum absolute atomic E-state index is 12.2. The van der Waals surface area contributed by atoms with Crippen molar-refractivity contribution in [1.82, 2.24) is 0 Å². The molecule has 0 saturated carbocycles. The molecule has 142 valence electrons. The van der Waals surface area contributed by atoms with Gasteiger partial charge in [-0.15, -0.1) is 0 Å². The van der Waals surface area contributed by atoms with E-state index in [9.17, 15) is 25.0 Å². The van der Waals surface area contributed by atoms with Gasteiger partial charge in [0, 0.05) is 17.2 Å². The average molecular weight is 370 g/mol. The average Bonchev–Trinajstić information content (AvgIpc) is 2.64. The molecule has 2 unspecified atom stereocenters. The van der Waals surface area contributed by atoms with Crippen LogP contribution >= 0.6 is 0 Å². The molecule has 0 fully saturated rings. The summed E-state index contributed by atoms with van der Waals surface area (Å²) in [5.74, 6) is -2.99. The van der Waals surface area contributed by atoms with E-state index in [-0.39, 0.29) is 5.69 Å². The van der Waals surface area contributed by atoms with Gasteiger partial charge in [0.05, 0.1) is 11.8 Å². The fraction of sp³-hybridized carbons (Fsp3) is 0.300. The fourth-order valence-corrected chi connectivity index (χ4v) is 2.88. The molecule has 0 radical (unpaired) electrons. The van der Waals surface area contributed by atoms with Gasteiger partial charge >= 0.3 is 11.9 Å². The van der Waals surface area contributed by atoms with E-state index >= 15 is 0 Å². The molecule has 0 saturated heterocycles. The molecule has 0 amide bonds. The third kappa shape index (κ3) is 4.91. The summed E-state index contributed by atoms with van der Waals surface area (Å²) in [5.41, 5.74) is 1.96. The molecule has 0 heterocycles. The van der Waals surface area contributed by atoms with E-state index < -0.39 is 23.8 Å². The highest BCUT2D eigenvalue weighted by Gasteiger charge is 2.19. The molecule has 0 aliphatic rings. The Balaban J connectivity index is 2.19. The molecule has 7 heteroatoms. The number of carbonyl (C=O) groups is 2. The van der Waals surface area contributed by atoms with Gasteiger partial charge in [-0.05, 0) is 36.1 Å². The number of rotatable bonds is 8. The van der Waals surface area contributed by atoms with Gasteiger partial charge in [-0.3, -0.25) is 9.59 Å². The van der Waals surface area contributed by atoms with Crippen molar-refractivity contribution in [1.29, 1.82) is 0 Å². The number of aliphatic carboxylic acids is 2. The first-order valence-electron chi connectivity index (χ1n) is 8.71. The number of hydrogen-bond acceptors (Lipinski definition) is 4. The second kappa shape index (κ2) is 8.93. The Morgan fingerprint density at radius 1 is 0.889 bits per heavy atom. The molecule has 2 N–H and O–H groups in total. The van der Waals surface area contributed by atoms with Crippen LogP contribution in [0.5, 0.6) is 0 Å². The van der Waals surface area contributed by atoms with Gasteiger partial charge in [0.15, 0.2) is 0 Å². The predicted molar refractivity (Wildman–Crippen MR) is 99.6 cm³/mol. The third-order valence-electron chi connectivity index (χ3n) is 4.43. The summed E-state index contributed by atoms with van der Waals surface area (Å²) >= 11 is 0. The highest BCUT2D eigenvalue weighted by atomic mass is 16.5. The largest absolute Gasteiger partial charge is 0.594 e. The van der Waals surface area contributed by atoms with Crippen molar-refractivity contribution in [2.45, 2.75) is 38.5 Å². The van der Waals surface area contributed by atoms with Crippen LogP contribution < -0.4 is 0 Å². The van der Waals surface area contributed by atoms with Gasteiger partial charge < -0.3 is 15.4 Å². The maximum atomic E-state index is 12.2. The summed E-state index contributed by atoms with van der Waals surface area (Å²) in [4.78, 5) is 22.9. The van der Waals surface area contributed by atoms with Crippen LogP contribution in [0.4, 0.5) is 11.4 Å². The highest BCUT2D eigenvalue weighted by molar-refractivity contribution is 5.76. The second-order valence-electron chi connectivity index (χ2n) is 6.15. The molecular formula is C20H22N2O5. The Morgan fingerprint density at radius 3 is 1.67 bits per heavy atom. The van der Waals surface area contributed by atoms with E-state index in [1.54, 1.807) is 50.2 Å². The summed E-state index contributed by atoms with van der Waals surface area (Å²) < 4.78 is 0. The van der Waals surface area contributed by atoms with Crippen LogP contribution in [0.1, 0.15) is 49.7 Å². The van der Waals surface area contributed by atoms with Crippen molar-refractivity contribution >= 4 is 23.3 Å². The Morgan fingerprint density at radius 2 is 1.30 bits per heavy atom. The van der Waals surface area contributed by atoms with Crippen LogP contribution in [0, 0.1) is 5.21 Å². The number of hydrogen-bond donors (Lipinski definition) is 2. The third-order valence-corrected chi connectivity index (χ3v) is 4.43. The number of azo groups is 1. The molecule has 2 aromatic carbocycles. The quantitative estimate of drug-likeness (QED) is 0.395. The lowest BCUT2D eigenvalue weighted by Crippen LogP contribution is -2.10. The van der Waals surface area contributed by atoms with Crippen LogP contribution in [-0.2, 0) is 9.59 Å². The SMILES string of the molecule is CCC(C(=O)O)c1ccc(N=[N+]([O-])c2ccc(C(CC)C(=O)O)cc2)cc1. The van der Waals surface area contributed by atoms with Crippen LogP contribution in [0.2, 0.25) is 0 Å². The van der Waals surface area contributed by atoms with Gasteiger partial charge in [-0.25, -0.2) is 0 Å². The van der Waals surface area contributed by atoms with Crippen molar-refractivity contribution in [2.75, 3.05) is 0 Å². The summed E-state index contributed by atoms with van der Waals surface area (Å²) in [6.07, 6.45) is 0.933. The van der Waals surface area contributed by atoms with E-state index in [1.165, 1.54) is 12.1 Å². The maximum Gasteiger partial charge on any atom is 0.310 e. The van der Waals surface area contributed by atoms with Crippen molar-refractivity contribution in [3.8, 4) is 0 Å². The number of carboxylic acid groups (broad SMARTS) is 2. The van der Waals surface area contributed by atoms with Crippen LogP contribution in [0.3, 0.4) is 0 Å². The second-order valence-corrected chi connectivity index (χ2v) is 6.15. The normalized spacial score (nSPS) is 13.8. The number of carboxylic acids is 2. The predicted octanol–water partition coefficient (Wildman–Crippen LogP) is 4.77. The number of nitrogens with zero attached hydrogens (tertiary/aromatic N) is 2. The lowest BCUT2D eigenvalue weighted by atomic mass is 9.96. The van der Waals surface area contributed by atoms with Crippen molar-refractivity contribution < 1.29 is 24.7 Å². The zero-order valence-electron chi connectivity index (χ0n) is 15.2. The fourth-order valence-electron chi connectivity index (χ4n) is 2.88.